The van der Waals surface area contributed by atoms with E-state index < -0.39 is 0 Å². The quantitative estimate of drug-likeness (QED) is 0.766. The van der Waals surface area contributed by atoms with E-state index in [4.69, 9.17) is 9.47 Å². The van der Waals surface area contributed by atoms with Crippen molar-refractivity contribution in [1.29, 1.82) is 0 Å². The molecule has 0 aliphatic carbocycles. The third-order valence-corrected chi connectivity index (χ3v) is 4.97. The van der Waals surface area contributed by atoms with Crippen molar-refractivity contribution in [1.82, 2.24) is 5.32 Å². The maximum atomic E-state index is 12.1. The Hall–Kier alpha value is -1.59. The minimum Gasteiger partial charge on any atom is -0.483 e. The standard InChI is InChI=1S/C19H29NO4/c1-3-15(2)16-6-4-5-7-17(16)24-12-18(22)20-13-19(14-21)8-10-23-11-9-19/h4-7,15,21H,3,8-14H2,1-2H3,(H,20,22). The van der Waals surface area contributed by atoms with Gasteiger partial charge >= 0.3 is 0 Å². The van der Waals surface area contributed by atoms with Crippen LogP contribution in [-0.2, 0) is 9.53 Å². The predicted octanol–water partition coefficient (Wildman–Crippen LogP) is 2.48. The van der Waals surface area contributed by atoms with Crippen molar-refractivity contribution in [3.8, 4) is 5.75 Å². The second kappa shape index (κ2) is 9.04. The molecule has 5 nitrogen and oxygen atoms in total. The van der Waals surface area contributed by atoms with Gasteiger partial charge in [0.2, 0.25) is 0 Å². The van der Waals surface area contributed by atoms with E-state index in [9.17, 15) is 9.90 Å². The zero-order valence-electron chi connectivity index (χ0n) is 14.7. The van der Waals surface area contributed by atoms with Crippen LogP contribution in [0.4, 0.5) is 0 Å². The Labute approximate surface area is 144 Å². The van der Waals surface area contributed by atoms with Crippen molar-refractivity contribution in [3.05, 3.63) is 29.8 Å². The Bertz CT molecular complexity index is 526. The summed E-state index contributed by atoms with van der Waals surface area (Å²) in [6.07, 6.45) is 2.55. The third kappa shape index (κ3) is 4.95. The lowest BCUT2D eigenvalue weighted by molar-refractivity contribution is -0.124. The second-order valence-electron chi connectivity index (χ2n) is 6.68. The second-order valence-corrected chi connectivity index (χ2v) is 6.68. The molecule has 24 heavy (non-hydrogen) atoms. The molecule has 0 aromatic heterocycles. The highest BCUT2D eigenvalue weighted by Gasteiger charge is 2.32. The van der Waals surface area contributed by atoms with Crippen LogP contribution in [0.15, 0.2) is 24.3 Å². The van der Waals surface area contributed by atoms with Gasteiger partial charge in [-0.1, -0.05) is 32.0 Å². The summed E-state index contributed by atoms with van der Waals surface area (Å²) in [7, 11) is 0. The van der Waals surface area contributed by atoms with Crippen LogP contribution in [0.5, 0.6) is 5.75 Å². The summed E-state index contributed by atoms with van der Waals surface area (Å²) in [5, 5.41) is 12.5. The normalized spacial score (nSPS) is 18.0. The van der Waals surface area contributed by atoms with E-state index >= 15 is 0 Å². The number of hydrogen-bond acceptors (Lipinski definition) is 4. The fraction of sp³-hybridized carbons (Fsp3) is 0.632. The van der Waals surface area contributed by atoms with Crippen molar-refractivity contribution in [2.45, 2.75) is 39.0 Å². The first-order valence-corrected chi connectivity index (χ1v) is 8.77. The molecule has 2 N–H and O–H groups in total. The van der Waals surface area contributed by atoms with E-state index in [1.54, 1.807) is 0 Å². The summed E-state index contributed by atoms with van der Waals surface area (Å²) < 4.78 is 11.1. The van der Waals surface area contributed by atoms with Crippen molar-refractivity contribution in [3.63, 3.8) is 0 Å². The van der Waals surface area contributed by atoms with Crippen molar-refractivity contribution < 1.29 is 19.4 Å². The van der Waals surface area contributed by atoms with E-state index in [-0.39, 0.29) is 24.5 Å². The fourth-order valence-corrected chi connectivity index (χ4v) is 2.91. The van der Waals surface area contributed by atoms with Gasteiger partial charge in [-0.3, -0.25) is 4.79 Å². The summed E-state index contributed by atoms with van der Waals surface area (Å²) >= 11 is 0. The van der Waals surface area contributed by atoms with Crippen LogP contribution in [0.3, 0.4) is 0 Å². The number of hydrogen-bond donors (Lipinski definition) is 2. The molecule has 1 aliphatic rings. The van der Waals surface area contributed by atoms with Gasteiger partial charge in [0.1, 0.15) is 5.75 Å². The topological polar surface area (TPSA) is 67.8 Å². The average molecular weight is 335 g/mol. The van der Waals surface area contributed by atoms with Gasteiger partial charge in [-0.25, -0.2) is 0 Å². The molecule has 5 heteroatoms. The van der Waals surface area contributed by atoms with Crippen LogP contribution in [0.1, 0.15) is 44.6 Å². The van der Waals surface area contributed by atoms with Gasteiger partial charge < -0.3 is 19.9 Å². The highest BCUT2D eigenvalue weighted by atomic mass is 16.5. The molecular weight excluding hydrogens is 306 g/mol. The summed E-state index contributed by atoms with van der Waals surface area (Å²) in [4.78, 5) is 12.1. The van der Waals surface area contributed by atoms with Gasteiger partial charge in [0.25, 0.3) is 5.91 Å². The van der Waals surface area contributed by atoms with Crippen LogP contribution in [0, 0.1) is 5.41 Å². The lowest BCUT2D eigenvalue weighted by Gasteiger charge is -2.35. The number of benzene rings is 1. The largest absolute Gasteiger partial charge is 0.483 e. The Kier molecular flexibility index (Phi) is 7.06. The number of aliphatic hydroxyl groups is 1. The molecule has 0 saturated carbocycles. The average Bonchev–Trinajstić information content (AvgIpc) is 2.65. The molecule has 1 aliphatic heterocycles. The molecule has 0 bridgehead atoms. The van der Waals surface area contributed by atoms with Crippen LogP contribution in [-0.4, -0.2) is 44.0 Å². The highest BCUT2D eigenvalue weighted by Crippen LogP contribution is 2.29. The molecule has 1 fully saturated rings. The summed E-state index contributed by atoms with van der Waals surface area (Å²) in [6.45, 7) is 6.07. The third-order valence-electron chi connectivity index (χ3n) is 4.97. The first-order valence-electron chi connectivity index (χ1n) is 8.77. The van der Waals surface area contributed by atoms with E-state index in [2.05, 4.69) is 19.2 Å². The number of aliphatic hydroxyl groups excluding tert-OH is 1. The number of ether oxygens (including phenoxy) is 2. The molecule has 1 saturated heterocycles. The molecule has 134 valence electrons. The number of nitrogens with one attached hydrogen (secondary N) is 1. The van der Waals surface area contributed by atoms with Crippen LogP contribution in [0.25, 0.3) is 0 Å². The summed E-state index contributed by atoms with van der Waals surface area (Å²) in [5.41, 5.74) is 0.867. The monoisotopic (exact) mass is 335 g/mol. The highest BCUT2D eigenvalue weighted by molar-refractivity contribution is 5.77. The minimum absolute atomic E-state index is 0.00848. The number of rotatable bonds is 8. The van der Waals surface area contributed by atoms with Gasteiger partial charge in [0, 0.05) is 25.2 Å². The molecular formula is C19H29NO4. The molecule has 1 aromatic rings. The number of para-hydroxylation sites is 1. The van der Waals surface area contributed by atoms with Gasteiger partial charge in [0.15, 0.2) is 6.61 Å². The minimum atomic E-state index is -0.261. The lowest BCUT2D eigenvalue weighted by Crippen LogP contribution is -2.44. The molecule has 1 aromatic carbocycles. The Morgan fingerprint density at radius 3 is 2.75 bits per heavy atom. The van der Waals surface area contributed by atoms with E-state index in [1.165, 1.54) is 0 Å². The molecule has 1 heterocycles. The molecule has 0 radical (unpaired) electrons. The summed E-state index contributed by atoms with van der Waals surface area (Å²) in [5.74, 6) is 1.00. The molecule has 1 amide bonds. The van der Waals surface area contributed by atoms with Crippen LogP contribution < -0.4 is 10.1 Å². The van der Waals surface area contributed by atoms with E-state index in [0.29, 0.717) is 25.7 Å². The van der Waals surface area contributed by atoms with Crippen molar-refractivity contribution >= 4 is 5.91 Å². The maximum Gasteiger partial charge on any atom is 0.257 e. The Morgan fingerprint density at radius 2 is 2.08 bits per heavy atom. The first kappa shape index (κ1) is 18.7. The van der Waals surface area contributed by atoms with Gasteiger partial charge in [-0.2, -0.15) is 0 Å². The summed E-state index contributed by atoms with van der Waals surface area (Å²) in [6, 6.07) is 7.86. The number of carbonyl (C=O) groups excluding carboxylic acids is 1. The number of carbonyl (C=O) groups is 1. The van der Waals surface area contributed by atoms with Crippen LogP contribution >= 0.6 is 0 Å². The molecule has 1 atom stereocenters. The predicted molar refractivity (Wildman–Crippen MR) is 93.2 cm³/mol. The van der Waals surface area contributed by atoms with E-state index in [1.807, 2.05) is 24.3 Å². The zero-order chi connectivity index (χ0) is 17.4. The number of amides is 1. The van der Waals surface area contributed by atoms with Gasteiger partial charge in [0.05, 0.1) is 6.61 Å². The van der Waals surface area contributed by atoms with Gasteiger partial charge in [-0.05, 0) is 36.8 Å². The molecule has 1 unspecified atom stereocenters. The van der Waals surface area contributed by atoms with E-state index in [0.717, 1.165) is 30.6 Å². The lowest BCUT2D eigenvalue weighted by atomic mass is 9.81. The van der Waals surface area contributed by atoms with Crippen molar-refractivity contribution in [2.24, 2.45) is 5.41 Å². The first-order chi connectivity index (χ1) is 11.6. The maximum absolute atomic E-state index is 12.1. The zero-order valence-corrected chi connectivity index (χ0v) is 14.7. The Balaban J connectivity index is 1.85. The molecule has 0 spiro atoms. The molecule has 2 rings (SSSR count). The Morgan fingerprint density at radius 1 is 1.38 bits per heavy atom. The SMILES string of the molecule is CCC(C)c1ccccc1OCC(=O)NCC1(CO)CCOCC1. The van der Waals surface area contributed by atoms with Crippen molar-refractivity contribution in [2.75, 3.05) is 33.0 Å². The van der Waals surface area contributed by atoms with Crippen LogP contribution in [0.2, 0.25) is 0 Å². The smallest absolute Gasteiger partial charge is 0.257 e. The van der Waals surface area contributed by atoms with Gasteiger partial charge in [-0.15, -0.1) is 0 Å². The fourth-order valence-electron chi connectivity index (χ4n) is 2.91.